The molecule has 0 fully saturated rings. The van der Waals surface area contributed by atoms with Gasteiger partial charge in [0.15, 0.2) is 17.3 Å². The van der Waals surface area contributed by atoms with Gasteiger partial charge in [0.2, 0.25) is 6.79 Å². The summed E-state index contributed by atoms with van der Waals surface area (Å²) in [5.41, 5.74) is 1.97. The number of ether oxygens (including phenoxy) is 2. The molecule has 1 aliphatic rings. The normalized spacial score (nSPS) is 12.4. The molecule has 0 amide bonds. The van der Waals surface area contributed by atoms with Gasteiger partial charge in [0, 0.05) is 17.6 Å². The van der Waals surface area contributed by atoms with Gasteiger partial charge < -0.3 is 14.8 Å². The van der Waals surface area contributed by atoms with Crippen LogP contribution in [0.2, 0.25) is 0 Å². The van der Waals surface area contributed by atoms with Crippen molar-refractivity contribution < 1.29 is 9.47 Å². The maximum absolute atomic E-state index is 5.47. The standard InChI is InChI=1S/C22H20N4O2S/c1-2-15-12-16-20(24-10-8-14-6-7-18-19(11-14)28-13-27-18)25-21(26-22(16)29-15)17-5-3-4-9-23-17/h3-7,9,11-12H,2,8,10,13H2,1H3,(H,24,25,26). The number of rotatable bonds is 6. The number of thiophene rings is 1. The van der Waals surface area contributed by atoms with Crippen LogP contribution in [0.4, 0.5) is 5.82 Å². The lowest BCUT2D eigenvalue weighted by atomic mass is 10.1. The number of nitrogens with one attached hydrogen (secondary N) is 1. The van der Waals surface area contributed by atoms with Crippen LogP contribution in [0.25, 0.3) is 21.7 Å². The van der Waals surface area contributed by atoms with Crippen LogP contribution in [0.15, 0.2) is 48.7 Å². The minimum atomic E-state index is 0.296. The van der Waals surface area contributed by atoms with E-state index in [-0.39, 0.29) is 0 Å². The first-order valence-corrected chi connectivity index (χ1v) is 10.5. The largest absolute Gasteiger partial charge is 0.454 e. The Bertz CT molecular complexity index is 1160. The molecule has 7 heteroatoms. The molecule has 0 unspecified atom stereocenters. The number of nitrogens with zero attached hydrogens (tertiary/aromatic N) is 3. The maximum atomic E-state index is 5.47. The number of benzene rings is 1. The lowest BCUT2D eigenvalue weighted by molar-refractivity contribution is 0.174. The first-order chi connectivity index (χ1) is 14.3. The highest BCUT2D eigenvalue weighted by Crippen LogP contribution is 2.33. The van der Waals surface area contributed by atoms with Gasteiger partial charge in [-0.2, -0.15) is 0 Å². The number of pyridine rings is 1. The number of anilines is 1. The van der Waals surface area contributed by atoms with Gasteiger partial charge in [-0.1, -0.05) is 19.1 Å². The van der Waals surface area contributed by atoms with E-state index < -0.39 is 0 Å². The molecule has 1 N–H and O–H groups in total. The van der Waals surface area contributed by atoms with Crippen molar-refractivity contribution in [2.45, 2.75) is 19.8 Å². The van der Waals surface area contributed by atoms with E-state index in [9.17, 15) is 0 Å². The molecule has 0 bridgehead atoms. The molecular formula is C22H20N4O2S. The third-order valence-corrected chi connectivity index (χ3v) is 6.00. The zero-order valence-electron chi connectivity index (χ0n) is 16.0. The van der Waals surface area contributed by atoms with Crippen molar-refractivity contribution >= 4 is 27.4 Å². The summed E-state index contributed by atoms with van der Waals surface area (Å²) in [5, 5.41) is 4.57. The molecule has 0 saturated carbocycles. The topological polar surface area (TPSA) is 69.2 Å². The van der Waals surface area contributed by atoms with Crippen molar-refractivity contribution in [1.29, 1.82) is 0 Å². The van der Waals surface area contributed by atoms with Gasteiger partial charge in [0.05, 0.1) is 5.39 Å². The molecule has 0 spiro atoms. The fraction of sp³-hybridized carbons (Fsp3) is 0.227. The Labute approximate surface area is 172 Å². The van der Waals surface area contributed by atoms with E-state index in [0.29, 0.717) is 12.6 Å². The van der Waals surface area contributed by atoms with Crippen LogP contribution in [-0.4, -0.2) is 28.3 Å². The first kappa shape index (κ1) is 17.9. The summed E-state index contributed by atoms with van der Waals surface area (Å²) in [7, 11) is 0. The minimum Gasteiger partial charge on any atom is -0.454 e. The van der Waals surface area contributed by atoms with Crippen molar-refractivity contribution in [3.8, 4) is 23.0 Å². The molecule has 1 aliphatic heterocycles. The van der Waals surface area contributed by atoms with Gasteiger partial charge in [-0.05, 0) is 48.7 Å². The van der Waals surface area contributed by atoms with Gasteiger partial charge in [-0.3, -0.25) is 4.98 Å². The predicted molar refractivity (Wildman–Crippen MR) is 115 cm³/mol. The lowest BCUT2D eigenvalue weighted by Crippen LogP contribution is -2.08. The maximum Gasteiger partial charge on any atom is 0.231 e. The van der Waals surface area contributed by atoms with Gasteiger partial charge in [0.25, 0.3) is 0 Å². The van der Waals surface area contributed by atoms with E-state index in [2.05, 4.69) is 29.4 Å². The summed E-state index contributed by atoms with van der Waals surface area (Å²) in [6.45, 7) is 3.21. The Morgan fingerprint density at radius 1 is 1.07 bits per heavy atom. The molecule has 3 aromatic heterocycles. The van der Waals surface area contributed by atoms with E-state index >= 15 is 0 Å². The molecule has 146 valence electrons. The van der Waals surface area contributed by atoms with Crippen molar-refractivity contribution in [1.82, 2.24) is 15.0 Å². The lowest BCUT2D eigenvalue weighted by Gasteiger charge is -2.09. The van der Waals surface area contributed by atoms with Gasteiger partial charge >= 0.3 is 0 Å². The number of aryl methyl sites for hydroxylation is 1. The molecule has 1 aromatic carbocycles. The zero-order valence-corrected chi connectivity index (χ0v) is 16.8. The number of hydrogen-bond donors (Lipinski definition) is 1. The average Bonchev–Trinajstić information content (AvgIpc) is 3.40. The smallest absolute Gasteiger partial charge is 0.231 e. The summed E-state index contributed by atoms with van der Waals surface area (Å²) in [6, 6.07) is 14.0. The summed E-state index contributed by atoms with van der Waals surface area (Å²) in [4.78, 5) is 16.2. The first-order valence-electron chi connectivity index (χ1n) is 9.64. The fourth-order valence-corrected chi connectivity index (χ4v) is 4.28. The molecule has 0 saturated heterocycles. The van der Waals surface area contributed by atoms with Crippen molar-refractivity contribution in [3.63, 3.8) is 0 Å². The highest BCUT2D eigenvalue weighted by molar-refractivity contribution is 7.18. The minimum absolute atomic E-state index is 0.296. The number of hydrogen-bond acceptors (Lipinski definition) is 7. The Morgan fingerprint density at radius 2 is 2.00 bits per heavy atom. The molecule has 5 rings (SSSR count). The Hall–Kier alpha value is -3.19. The van der Waals surface area contributed by atoms with Crippen molar-refractivity contribution in [2.75, 3.05) is 18.7 Å². The summed E-state index contributed by atoms with van der Waals surface area (Å²) < 4.78 is 10.9. The highest BCUT2D eigenvalue weighted by atomic mass is 32.1. The molecule has 4 heterocycles. The molecule has 0 atom stereocenters. The van der Waals surface area contributed by atoms with Gasteiger partial charge in [0.1, 0.15) is 16.3 Å². The number of fused-ring (bicyclic) bond motifs is 2. The van der Waals surface area contributed by atoms with Crippen LogP contribution in [0.1, 0.15) is 17.4 Å². The quantitative estimate of drug-likeness (QED) is 0.502. The molecule has 0 radical (unpaired) electrons. The monoisotopic (exact) mass is 404 g/mol. The van der Waals surface area contributed by atoms with Crippen LogP contribution < -0.4 is 14.8 Å². The second kappa shape index (κ2) is 7.67. The van der Waals surface area contributed by atoms with Crippen LogP contribution in [0, 0.1) is 0 Å². The zero-order chi connectivity index (χ0) is 19.6. The van der Waals surface area contributed by atoms with E-state index in [1.165, 1.54) is 10.4 Å². The third kappa shape index (κ3) is 3.61. The van der Waals surface area contributed by atoms with Crippen molar-refractivity contribution in [3.05, 3.63) is 59.1 Å². The Balaban J connectivity index is 1.41. The van der Waals surface area contributed by atoms with Crippen LogP contribution >= 0.6 is 11.3 Å². The third-order valence-electron chi connectivity index (χ3n) is 4.83. The van der Waals surface area contributed by atoms with Crippen LogP contribution in [0.5, 0.6) is 11.5 Å². The summed E-state index contributed by atoms with van der Waals surface area (Å²) in [6.07, 6.45) is 3.60. The van der Waals surface area contributed by atoms with Gasteiger partial charge in [-0.25, -0.2) is 9.97 Å². The predicted octanol–water partition coefficient (Wildman–Crippen LogP) is 4.70. The van der Waals surface area contributed by atoms with E-state index in [1.54, 1.807) is 17.5 Å². The van der Waals surface area contributed by atoms with E-state index in [4.69, 9.17) is 19.4 Å². The SMILES string of the molecule is CCc1cc2c(NCCc3ccc4c(c3)OCO4)nc(-c3ccccn3)nc2s1. The second-order valence-electron chi connectivity index (χ2n) is 6.76. The Morgan fingerprint density at radius 3 is 2.86 bits per heavy atom. The Kier molecular flexibility index (Phi) is 4.73. The summed E-state index contributed by atoms with van der Waals surface area (Å²) in [5.74, 6) is 3.12. The second-order valence-corrected chi connectivity index (χ2v) is 7.88. The van der Waals surface area contributed by atoms with Crippen LogP contribution in [-0.2, 0) is 12.8 Å². The van der Waals surface area contributed by atoms with Crippen LogP contribution in [0.3, 0.4) is 0 Å². The molecule has 0 aliphatic carbocycles. The molecular weight excluding hydrogens is 384 g/mol. The fourth-order valence-electron chi connectivity index (χ4n) is 3.31. The number of aromatic nitrogens is 3. The van der Waals surface area contributed by atoms with Crippen molar-refractivity contribution in [2.24, 2.45) is 0 Å². The summed E-state index contributed by atoms with van der Waals surface area (Å²) >= 11 is 1.71. The van der Waals surface area contributed by atoms with E-state index in [1.807, 2.05) is 30.3 Å². The molecule has 4 aromatic rings. The van der Waals surface area contributed by atoms with Gasteiger partial charge in [-0.15, -0.1) is 11.3 Å². The highest BCUT2D eigenvalue weighted by Gasteiger charge is 2.15. The van der Waals surface area contributed by atoms with E-state index in [0.717, 1.165) is 52.6 Å². The molecule has 29 heavy (non-hydrogen) atoms. The average molecular weight is 404 g/mol. The molecule has 6 nitrogen and oxygen atoms in total.